The predicted octanol–water partition coefficient (Wildman–Crippen LogP) is 2.29. The fraction of sp³-hybridized carbons (Fsp3) is 0.429. The second-order valence-corrected chi connectivity index (χ2v) is 4.46. The summed E-state index contributed by atoms with van der Waals surface area (Å²) in [5.41, 5.74) is 0.786. The van der Waals surface area contributed by atoms with Crippen LogP contribution in [0.15, 0.2) is 30.3 Å². The topological polar surface area (TPSA) is 60.9 Å². The molecule has 0 radical (unpaired) electrons. The summed E-state index contributed by atoms with van der Waals surface area (Å²) in [4.78, 5) is 26.2. The molecule has 1 N–H and O–H groups in total. The van der Waals surface area contributed by atoms with Crippen molar-refractivity contribution in [1.29, 1.82) is 0 Å². The number of amides is 2. The molecule has 5 nitrogen and oxygen atoms in total. The van der Waals surface area contributed by atoms with Gasteiger partial charge in [0.15, 0.2) is 0 Å². The molecular weight excluding hydrogens is 244 g/mol. The van der Waals surface area contributed by atoms with Crippen LogP contribution in [0.2, 0.25) is 0 Å². The third-order valence-corrected chi connectivity index (χ3v) is 3.00. The summed E-state index contributed by atoms with van der Waals surface area (Å²) in [6.07, 6.45) is 0. The van der Waals surface area contributed by atoms with Gasteiger partial charge in [-0.25, -0.2) is 4.79 Å². The summed E-state index contributed by atoms with van der Waals surface area (Å²) in [5.74, 6) is -1.47. The first kappa shape index (κ1) is 15.0. The van der Waals surface area contributed by atoms with E-state index in [1.54, 1.807) is 14.0 Å². The van der Waals surface area contributed by atoms with E-state index in [2.05, 4.69) is 0 Å². The fourth-order valence-electron chi connectivity index (χ4n) is 1.73. The Bertz CT molecular complexity index is 434. The highest BCUT2D eigenvalue weighted by Gasteiger charge is 2.22. The molecule has 19 heavy (non-hydrogen) atoms. The van der Waals surface area contributed by atoms with Gasteiger partial charge in [-0.05, 0) is 19.1 Å². The molecule has 0 saturated carbocycles. The molecule has 2 amide bonds. The molecule has 0 saturated heterocycles. The first-order valence-electron chi connectivity index (χ1n) is 6.27. The maximum absolute atomic E-state index is 12.3. The van der Waals surface area contributed by atoms with Crippen molar-refractivity contribution in [2.45, 2.75) is 13.8 Å². The van der Waals surface area contributed by atoms with Crippen LogP contribution in [0.5, 0.6) is 0 Å². The lowest BCUT2D eigenvalue weighted by atomic mass is 10.2. The van der Waals surface area contributed by atoms with Crippen LogP contribution in [0.1, 0.15) is 13.8 Å². The van der Waals surface area contributed by atoms with Crippen LogP contribution in [0.3, 0.4) is 0 Å². The molecule has 0 aliphatic rings. The van der Waals surface area contributed by atoms with Gasteiger partial charge in [-0.15, -0.1) is 0 Å². The van der Waals surface area contributed by atoms with Crippen LogP contribution < -0.4 is 4.90 Å². The molecule has 0 fully saturated rings. The molecule has 0 aliphatic carbocycles. The van der Waals surface area contributed by atoms with Crippen LogP contribution in [-0.2, 0) is 4.79 Å². The Morgan fingerprint density at radius 2 is 1.84 bits per heavy atom. The Balaban J connectivity index is 2.76. The molecule has 1 rings (SSSR count). The van der Waals surface area contributed by atoms with Crippen LogP contribution in [0.25, 0.3) is 0 Å². The first-order valence-corrected chi connectivity index (χ1v) is 6.27. The van der Waals surface area contributed by atoms with E-state index in [9.17, 15) is 9.59 Å². The molecular formula is C14H20N2O3. The van der Waals surface area contributed by atoms with Crippen molar-refractivity contribution in [1.82, 2.24) is 4.90 Å². The van der Waals surface area contributed by atoms with Crippen molar-refractivity contribution in [2.24, 2.45) is 5.92 Å². The van der Waals surface area contributed by atoms with E-state index in [1.807, 2.05) is 37.3 Å². The quantitative estimate of drug-likeness (QED) is 0.887. The average Bonchev–Trinajstić information content (AvgIpc) is 2.43. The van der Waals surface area contributed by atoms with Gasteiger partial charge in [-0.1, -0.05) is 25.1 Å². The minimum absolute atomic E-state index is 0.193. The molecule has 0 spiro atoms. The first-order chi connectivity index (χ1) is 8.97. The van der Waals surface area contributed by atoms with E-state index in [0.717, 1.165) is 5.69 Å². The summed E-state index contributed by atoms with van der Waals surface area (Å²) in [6.45, 7) is 4.13. The lowest BCUT2D eigenvalue weighted by Crippen LogP contribution is -2.44. The van der Waals surface area contributed by atoms with Crippen molar-refractivity contribution in [3.8, 4) is 0 Å². The third-order valence-electron chi connectivity index (χ3n) is 3.00. The average molecular weight is 264 g/mol. The summed E-state index contributed by atoms with van der Waals surface area (Å²) in [6, 6.07) is 9.08. The highest BCUT2D eigenvalue weighted by atomic mass is 16.4. The zero-order valence-corrected chi connectivity index (χ0v) is 11.5. The van der Waals surface area contributed by atoms with Crippen molar-refractivity contribution in [2.75, 3.05) is 25.0 Å². The van der Waals surface area contributed by atoms with Gasteiger partial charge < -0.3 is 10.0 Å². The summed E-state index contributed by atoms with van der Waals surface area (Å²) < 4.78 is 0. The van der Waals surface area contributed by atoms with Crippen molar-refractivity contribution in [3.05, 3.63) is 30.3 Å². The van der Waals surface area contributed by atoms with Gasteiger partial charge in [0.05, 0.1) is 5.92 Å². The van der Waals surface area contributed by atoms with E-state index < -0.39 is 11.9 Å². The van der Waals surface area contributed by atoms with Crippen LogP contribution in [0, 0.1) is 5.92 Å². The molecule has 1 unspecified atom stereocenters. The standard InChI is InChI=1S/C14H20N2O3/c1-4-16(10-11(2)13(17)18)14(19)15(3)12-8-6-5-7-9-12/h5-9,11H,4,10H2,1-3H3,(H,17,18). The smallest absolute Gasteiger partial charge is 0.324 e. The number of carboxylic acids is 1. The number of hydrogen-bond donors (Lipinski definition) is 1. The van der Waals surface area contributed by atoms with Crippen LogP contribution in [-0.4, -0.2) is 42.1 Å². The Morgan fingerprint density at radius 1 is 1.26 bits per heavy atom. The van der Waals surface area contributed by atoms with Gasteiger partial charge in [0.25, 0.3) is 0 Å². The molecule has 104 valence electrons. The predicted molar refractivity (Wildman–Crippen MR) is 74.3 cm³/mol. The van der Waals surface area contributed by atoms with Crippen molar-refractivity contribution >= 4 is 17.7 Å². The number of carboxylic acid groups (broad SMARTS) is 1. The van der Waals surface area contributed by atoms with Gasteiger partial charge >= 0.3 is 12.0 Å². The number of carbonyl (C=O) groups is 2. The Hall–Kier alpha value is -2.04. The summed E-state index contributed by atoms with van der Waals surface area (Å²) >= 11 is 0. The van der Waals surface area contributed by atoms with E-state index >= 15 is 0 Å². The minimum atomic E-state index is -0.895. The third kappa shape index (κ3) is 3.98. The monoisotopic (exact) mass is 264 g/mol. The largest absolute Gasteiger partial charge is 0.481 e. The van der Waals surface area contributed by atoms with Crippen molar-refractivity contribution in [3.63, 3.8) is 0 Å². The van der Waals surface area contributed by atoms with E-state index in [0.29, 0.717) is 6.54 Å². The van der Waals surface area contributed by atoms with E-state index in [4.69, 9.17) is 5.11 Å². The number of para-hydroxylation sites is 1. The molecule has 0 heterocycles. The highest BCUT2D eigenvalue weighted by Crippen LogP contribution is 2.14. The number of anilines is 1. The fourth-order valence-corrected chi connectivity index (χ4v) is 1.73. The maximum atomic E-state index is 12.3. The number of benzene rings is 1. The number of nitrogens with zero attached hydrogens (tertiary/aromatic N) is 2. The van der Waals surface area contributed by atoms with Gasteiger partial charge in [0.2, 0.25) is 0 Å². The van der Waals surface area contributed by atoms with Gasteiger partial charge in [-0.2, -0.15) is 0 Å². The molecule has 1 aromatic rings. The number of aliphatic carboxylic acids is 1. The second kappa shape index (κ2) is 6.78. The summed E-state index contributed by atoms with van der Waals surface area (Å²) in [5, 5.41) is 8.91. The minimum Gasteiger partial charge on any atom is -0.481 e. The Labute approximate surface area is 113 Å². The number of carbonyl (C=O) groups excluding carboxylic acids is 1. The van der Waals surface area contributed by atoms with E-state index in [-0.39, 0.29) is 12.6 Å². The lowest BCUT2D eigenvalue weighted by molar-refractivity contribution is -0.141. The number of hydrogen-bond acceptors (Lipinski definition) is 2. The number of rotatable bonds is 5. The number of urea groups is 1. The van der Waals surface area contributed by atoms with Gasteiger partial charge in [0, 0.05) is 25.8 Å². The zero-order valence-electron chi connectivity index (χ0n) is 11.5. The van der Waals surface area contributed by atoms with Crippen molar-refractivity contribution < 1.29 is 14.7 Å². The highest BCUT2D eigenvalue weighted by molar-refractivity contribution is 5.91. The van der Waals surface area contributed by atoms with E-state index in [1.165, 1.54) is 9.80 Å². The van der Waals surface area contributed by atoms with Crippen LogP contribution >= 0.6 is 0 Å². The zero-order chi connectivity index (χ0) is 14.4. The summed E-state index contributed by atoms with van der Waals surface area (Å²) in [7, 11) is 1.69. The molecule has 0 aromatic heterocycles. The van der Waals surface area contributed by atoms with Crippen LogP contribution in [0.4, 0.5) is 10.5 Å². The molecule has 0 aliphatic heterocycles. The molecule has 5 heteroatoms. The molecule has 0 bridgehead atoms. The SMILES string of the molecule is CCN(CC(C)C(=O)O)C(=O)N(C)c1ccccc1. The molecule has 1 aromatic carbocycles. The normalized spacial score (nSPS) is 11.7. The maximum Gasteiger partial charge on any atom is 0.324 e. The lowest BCUT2D eigenvalue weighted by Gasteiger charge is -2.28. The Kier molecular flexibility index (Phi) is 5.36. The van der Waals surface area contributed by atoms with Gasteiger partial charge in [-0.3, -0.25) is 9.69 Å². The molecule has 1 atom stereocenters. The second-order valence-electron chi connectivity index (χ2n) is 4.46. The van der Waals surface area contributed by atoms with Gasteiger partial charge in [0.1, 0.15) is 0 Å². The Morgan fingerprint density at radius 3 is 2.32 bits per heavy atom.